The Hall–Kier alpha value is -0.670. The smallest absolute Gasteiger partial charge is 0.0437 e. The Kier molecular flexibility index (Phi) is 2.99. The fourth-order valence-corrected chi connectivity index (χ4v) is 2.88. The van der Waals surface area contributed by atoms with Gasteiger partial charge in [-0.1, -0.05) is 29.8 Å². The highest BCUT2D eigenvalue weighted by Crippen LogP contribution is 2.17. The number of benzene rings is 1. The van der Waals surface area contributed by atoms with Gasteiger partial charge < -0.3 is 5.32 Å². The van der Waals surface area contributed by atoms with Gasteiger partial charge in [-0.15, -0.1) is 0 Å². The van der Waals surface area contributed by atoms with Gasteiger partial charge in [-0.05, 0) is 12.5 Å². The van der Waals surface area contributed by atoms with Crippen LogP contribution in [0.4, 0.5) is 0 Å². The molecule has 0 saturated carbocycles. The molecule has 0 spiro atoms. The van der Waals surface area contributed by atoms with Crippen LogP contribution in [-0.4, -0.2) is 22.3 Å². The van der Waals surface area contributed by atoms with Gasteiger partial charge in [-0.25, -0.2) is 0 Å². The van der Waals surface area contributed by atoms with E-state index in [1.54, 1.807) is 0 Å². The van der Waals surface area contributed by atoms with Crippen LogP contribution in [0.15, 0.2) is 24.3 Å². The van der Waals surface area contributed by atoms with Crippen LogP contribution in [0, 0.1) is 6.92 Å². The lowest BCUT2D eigenvalue weighted by Crippen LogP contribution is -2.36. The van der Waals surface area contributed by atoms with Crippen LogP contribution in [0.5, 0.6) is 0 Å². The van der Waals surface area contributed by atoms with E-state index in [0.29, 0.717) is 0 Å². The third-order valence-corrected chi connectivity index (χ3v) is 3.92. The Balaban J connectivity index is 2.14. The van der Waals surface area contributed by atoms with Crippen molar-refractivity contribution < 1.29 is 4.21 Å². The second-order valence-electron chi connectivity index (χ2n) is 3.73. The number of hydrogen-bond acceptors (Lipinski definition) is 2. The maximum atomic E-state index is 11.4. The second kappa shape index (κ2) is 4.24. The van der Waals surface area contributed by atoms with E-state index in [-0.39, 0.29) is 6.04 Å². The summed E-state index contributed by atoms with van der Waals surface area (Å²) in [6.07, 6.45) is 0. The summed E-state index contributed by atoms with van der Waals surface area (Å²) in [7, 11) is -0.639. The van der Waals surface area contributed by atoms with Gasteiger partial charge >= 0.3 is 0 Å². The van der Waals surface area contributed by atoms with Gasteiger partial charge in [-0.3, -0.25) is 4.21 Å². The molecular formula is C11H15NOS. The minimum Gasteiger partial charge on any atom is -0.308 e. The van der Waals surface area contributed by atoms with Crippen LogP contribution in [0.25, 0.3) is 0 Å². The average molecular weight is 209 g/mol. The second-order valence-corrected chi connectivity index (χ2v) is 5.35. The standard InChI is InChI=1S/C11H15NOS/c1-9-2-4-10(5-3-9)11-8-14(13)7-6-12-11/h2-5,11-12H,6-8H2,1H3. The van der Waals surface area contributed by atoms with Gasteiger partial charge in [0, 0.05) is 34.9 Å². The molecule has 76 valence electrons. The molecule has 0 radical (unpaired) electrons. The van der Waals surface area contributed by atoms with Crippen molar-refractivity contribution in [1.29, 1.82) is 0 Å². The van der Waals surface area contributed by atoms with Crippen molar-refractivity contribution in [2.24, 2.45) is 0 Å². The largest absolute Gasteiger partial charge is 0.308 e. The summed E-state index contributed by atoms with van der Waals surface area (Å²) in [6, 6.07) is 8.74. The fraction of sp³-hybridized carbons (Fsp3) is 0.455. The summed E-state index contributed by atoms with van der Waals surface area (Å²) in [5.41, 5.74) is 2.52. The van der Waals surface area contributed by atoms with E-state index in [1.165, 1.54) is 11.1 Å². The predicted octanol–water partition coefficient (Wildman–Crippen LogP) is 1.39. The molecule has 1 heterocycles. The molecule has 1 aliphatic rings. The third-order valence-electron chi connectivity index (χ3n) is 2.55. The zero-order valence-corrected chi connectivity index (χ0v) is 9.14. The molecule has 0 aromatic heterocycles. The lowest BCUT2D eigenvalue weighted by Gasteiger charge is -2.23. The lowest BCUT2D eigenvalue weighted by atomic mass is 10.1. The maximum absolute atomic E-state index is 11.4. The van der Waals surface area contributed by atoms with Gasteiger partial charge in [0.2, 0.25) is 0 Å². The highest BCUT2D eigenvalue weighted by Gasteiger charge is 2.18. The van der Waals surface area contributed by atoms with E-state index in [2.05, 4.69) is 36.5 Å². The van der Waals surface area contributed by atoms with Crippen molar-refractivity contribution in [2.45, 2.75) is 13.0 Å². The number of hydrogen-bond donors (Lipinski definition) is 1. The molecule has 1 fully saturated rings. The molecule has 1 N–H and O–H groups in total. The predicted molar refractivity (Wildman–Crippen MR) is 59.8 cm³/mol. The summed E-state index contributed by atoms with van der Waals surface area (Å²) in [6.45, 7) is 2.95. The number of rotatable bonds is 1. The van der Waals surface area contributed by atoms with Crippen molar-refractivity contribution in [3.05, 3.63) is 35.4 Å². The zero-order valence-electron chi connectivity index (χ0n) is 8.32. The quantitative estimate of drug-likeness (QED) is 0.757. The number of aryl methyl sites for hydroxylation is 1. The van der Waals surface area contributed by atoms with Gasteiger partial charge in [0.05, 0.1) is 0 Å². The molecule has 1 aliphatic heterocycles. The summed E-state index contributed by atoms with van der Waals surface area (Å²) in [5, 5.41) is 3.39. The Morgan fingerprint density at radius 1 is 1.36 bits per heavy atom. The first-order chi connectivity index (χ1) is 6.75. The minimum absolute atomic E-state index is 0.283. The van der Waals surface area contributed by atoms with Crippen LogP contribution in [0.2, 0.25) is 0 Å². The summed E-state index contributed by atoms with van der Waals surface area (Å²) < 4.78 is 11.4. The van der Waals surface area contributed by atoms with Crippen molar-refractivity contribution in [3.8, 4) is 0 Å². The average Bonchev–Trinajstić information content (AvgIpc) is 2.19. The molecule has 2 atom stereocenters. The molecule has 1 aromatic rings. The van der Waals surface area contributed by atoms with Crippen LogP contribution in [0.1, 0.15) is 17.2 Å². The van der Waals surface area contributed by atoms with Crippen molar-refractivity contribution in [1.82, 2.24) is 5.32 Å². The summed E-state index contributed by atoms with van der Waals surface area (Å²) in [4.78, 5) is 0. The molecule has 2 nitrogen and oxygen atoms in total. The van der Waals surface area contributed by atoms with E-state index in [0.717, 1.165) is 18.1 Å². The van der Waals surface area contributed by atoms with E-state index in [9.17, 15) is 4.21 Å². The monoisotopic (exact) mass is 209 g/mol. The molecule has 2 unspecified atom stereocenters. The van der Waals surface area contributed by atoms with Crippen LogP contribution >= 0.6 is 0 Å². The molecule has 0 bridgehead atoms. The van der Waals surface area contributed by atoms with Crippen molar-refractivity contribution >= 4 is 10.8 Å². The lowest BCUT2D eigenvalue weighted by molar-refractivity contribution is 0.572. The van der Waals surface area contributed by atoms with Crippen LogP contribution in [-0.2, 0) is 10.8 Å². The van der Waals surface area contributed by atoms with E-state index < -0.39 is 10.8 Å². The van der Waals surface area contributed by atoms with Crippen LogP contribution in [0.3, 0.4) is 0 Å². The van der Waals surface area contributed by atoms with Crippen molar-refractivity contribution in [2.75, 3.05) is 18.1 Å². The van der Waals surface area contributed by atoms with Gasteiger partial charge in [0.25, 0.3) is 0 Å². The Morgan fingerprint density at radius 2 is 2.07 bits per heavy atom. The van der Waals surface area contributed by atoms with E-state index in [1.807, 2.05) is 0 Å². The molecule has 1 aromatic carbocycles. The molecule has 1 saturated heterocycles. The van der Waals surface area contributed by atoms with Gasteiger partial charge in [-0.2, -0.15) is 0 Å². The SMILES string of the molecule is Cc1ccc(C2CS(=O)CCN2)cc1. The van der Waals surface area contributed by atoms with Crippen molar-refractivity contribution in [3.63, 3.8) is 0 Å². The van der Waals surface area contributed by atoms with Gasteiger partial charge in [0.1, 0.15) is 0 Å². The first-order valence-corrected chi connectivity index (χ1v) is 6.39. The Morgan fingerprint density at radius 3 is 2.71 bits per heavy atom. The minimum atomic E-state index is -0.639. The number of nitrogens with one attached hydrogen (secondary N) is 1. The summed E-state index contributed by atoms with van der Waals surface area (Å²) in [5.74, 6) is 1.55. The first kappa shape index (κ1) is 9.87. The maximum Gasteiger partial charge on any atom is 0.0437 e. The fourth-order valence-electron chi connectivity index (χ4n) is 1.69. The Labute approximate surface area is 87.2 Å². The highest BCUT2D eigenvalue weighted by atomic mass is 32.2. The van der Waals surface area contributed by atoms with E-state index >= 15 is 0 Å². The molecule has 3 heteroatoms. The third kappa shape index (κ3) is 2.22. The normalized spacial score (nSPS) is 27.5. The molecule has 2 rings (SSSR count). The first-order valence-electron chi connectivity index (χ1n) is 4.90. The molecular weight excluding hydrogens is 194 g/mol. The molecule has 0 amide bonds. The highest BCUT2D eigenvalue weighted by molar-refractivity contribution is 7.85. The molecule has 0 aliphatic carbocycles. The van der Waals surface area contributed by atoms with Gasteiger partial charge in [0.15, 0.2) is 0 Å². The Bertz CT molecular complexity index is 334. The summed E-state index contributed by atoms with van der Waals surface area (Å²) >= 11 is 0. The van der Waals surface area contributed by atoms with Crippen LogP contribution < -0.4 is 5.32 Å². The van der Waals surface area contributed by atoms with E-state index in [4.69, 9.17) is 0 Å². The zero-order chi connectivity index (χ0) is 9.97. The topological polar surface area (TPSA) is 29.1 Å². The molecule has 14 heavy (non-hydrogen) atoms.